The Bertz CT molecular complexity index is 965. The Morgan fingerprint density at radius 3 is 2.68 bits per heavy atom. The first-order chi connectivity index (χ1) is 11.8. The van der Waals surface area contributed by atoms with Gasteiger partial charge in [-0.2, -0.15) is 5.26 Å². The summed E-state index contributed by atoms with van der Waals surface area (Å²) in [7, 11) is -0.472. The molecule has 0 bridgehead atoms. The van der Waals surface area contributed by atoms with Gasteiger partial charge in [-0.05, 0) is 48.4 Å². The number of halogens is 1. The number of hydrogen-bond donors (Lipinski definition) is 0. The van der Waals surface area contributed by atoms with Crippen LogP contribution >= 0.6 is 0 Å². The second-order valence-corrected chi connectivity index (χ2v) is 8.32. The zero-order valence-electron chi connectivity index (χ0n) is 14.0. The number of nitriles is 1. The third-order valence-corrected chi connectivity index (χ3v) is 6.17. The van der Waals surface area contributed by atoms with E-state index in [-0.39, 0.29) is 10.7 Å². The van der Waals surface area contributed by atoms with Gasteiger partial charge in [-0.25, -0.2) is 17.1 Å². The van der Waals surface area contributed by atoms with Crippen LogP contribution in [0.4, 0.5) is 10.1 Å². The lowest BCUT2D eigenvalue weighted by molar-refractivity contribution is 0.520. The van der Waals surface area contributed by atoms with E-state index < -0.39 is 10.0 Å². The average Bonchev–Trinajstić information content (AvgIpc) is 2.99. The van der Waals surface area contributed by atoms with E-state index in [4.69, 9.17) is 5.26 Å². The van der Waals surface area contributed by atoms with Crippen LogP contribution < -0.4 is 4.90 Å². The first-order valence-electron chi connectivity index (χ1n) is 7.82. The van der Waals surface area contributed by atoms with Gasteiger partial charge in [0.2, 0.25) is 10.0 Å². The third kappa shape index (κ3) is 3.23. The number of rotatable bonds is 4. The summed E-state index contributed by atoms with van der Waals surface area (Å²) in [5, 5.41) is 8.98. The first-order valence-corrected chi connectivity index (χ1v) is 9.26. The van der Waals surface area contributed by atoms with E-state index in [1.165, 1.54) is 30.5 Å². The molecule has 0 saturated carbocycles. The molecule has 25 heavy (non-hydrogen) atoms. The van der Waals surface area contributed by atoms with E-state index in [1.54, 1.807) is 24.3 Å². The third-order valence-electron chi connectivity index (χ3n) is 4.36. The molecule has 7 heteroatoms. The monoisotopic (exact) mass is 359 g/mol. The minimum atomic E-state index is -3.47. The lowest BCUT2D eigenvalue weighted by Gasteiger charge is -2.20. The molecule has 0 fully saturated rings. The van der Waals surface area contributed by atoms with Crippen LogP contribution in [0.3, 0.4) is 0 Å². The maximum Gasteiger partial charge on any atom is 0.242 e. The molecule has 0 aromatic heterocycles. The molecule has 1 heterocycles. The molecule has 2 aromatic rings. The molecule has 1 aliphatic rings. The van der Waals surface area contributed by atoms with Gasteiger partial charge < -0.3 is 4.90 Å². The summed E-state index contributed by atoms with van der Waals surface area (Å²) in [5.74, 6) is -0.348. The minimum absolute atomic E-state index is 0.260. The van der Waals surface area contributed by atoms with Crippen molar-refractivity contribution in [1.82, 2.24) is 4.31 Å². The summed E-state index contributed by atoms with van der Waals surface area (Å²) in [5.41, 5.74) is 2.71. The lowest BCUT2D eigenvalue weighted by atomic mass is 10.1. The molecule has 0 saturated heterocycles. The maximum atomic E-state index is 14.0. The fourth-order valence-electron chi connectivity index (χ4n) is 2.95. The van der Waals surface area contributed by atoms with Crippen LogP contribution in [0.2, 0.25) is 0 Å². The number of hydrogen-bond acceptors (Lipinski definition) is 4. The Hall–Kier alpha value is -2.43. The van der Waals surface area contributed by atoms with Crippen molar-refractivity contribution < 1.29 is 12.8 Å². The van der Waals surface area contributed by atoms with Gasteiger partial charge in [0, 0.05) is 38.4 Å². The highest BCUT2D eigenvalue weighted by Gasteiger charge is 2.24. The van der Waals surface area contributed by atoms with Crippen LogP contribution in [0.15, 0.2) is 41.3 Å². The summed E-state index contributed by atoms with van der Waals surface area (Å²) < 4.78 is 39.7. The molecule has 1 aliphatic heterocycles. The number of anilines is 1. The first kappa shape index (κ1) is 17.4. The van der Waals surface area contributed by atoms with Crippen molar-refractivity contribution in [3.05, 3.63) is 58.9 Å². The van der Waals surface area contributed by atoms with Crippen molar-refractivity contribution in [2.75, 3.05) is 25.5 Å². The summed E-state index contributed by atoms with van der Waals surface area (Å²) in [4.78, 5) is 2.26. The number of sulfonamides is 1. The van der Waals surface area contributed by atoms with Crippen LogP contribution in [0.1, 0.15) is 16.7 Å². The quantitative estimate of drug-likeness (QED) is 0.841. The van der Waals surface area contributed by atoms with Crippen molar-refractivity contribution in [2.24, 2.45) is 0 Å². The highest BCUT2D eigenvalue weighted by atomic mass is 32.2. The molecule has 0 amide bonds. The van der Waals surface area contributed by atoms with E-state index >= 15 is 0 Å². The largest absolute Gasteiger partial charge is 0.367 e. The molecule has 0 N–H and O–H groups in total. The Morgan fingerprint density at radius 1 is 1.24 bits per heavy atom. The SMILES string of the molecule is CN(C)S(=O)(=O)c1ccc2c(c1)CCN2Cc1cc(C#N)ccc1F. The summed E-state index contributed by atoms with van der Waals surface area (Å²) in [6, 6.07) is 11.4. The molecule has 3 rings (SSSR count). The molecular weight excluding hydrogens is 341 g/mol. The summed E-state index contributed by atoms with van der Waals surface area (Å²) in [6.45, 7) is 1.02. The van der Waals surface area contributed by atoms with E-state index in [2.05, 4.69) is 0 Å². The fourth-order valence-corrected chi connectivity index (χ4v) is 3.91. The normalized spacial score (nSPS) is 13.8. The van der Waals surface area contributed by atoms with Crippen LogP contribution in [-0.2, 0) is 23.0 Å². The molecule has 0 unspecified atom stereocenters. The van der Waals surface area contributed by atoms with Gasteiger partial charge >= 0.3 is 0 Å². The summed E-state index contributed by atoms with van der Waals surface area (Å²) in [6.07, 6.45) is 0.700. The van der Waals surface area contributed by atoms with Gasteiger partial charge in [-0.1, -0.05) is 0 Å². The number of benzene rings is 2. The topological polar surface area (TPSA) is 64.4 Å². The van der Waals surface area contributed by atoms with Crippen molar-refractivity contribution in [3.63, 3.8) is 0 Å². The molecule has 2 aromatic carbocycles. The highest BCUT2D eigenvalue weighted by Crippen LogP contribution is 2.32. The second-order valence-electron chi connectivity index (χ2n) is 6.17. The summed E-state index contributed by atoms with van der Waals surface area (Å²) >= 11 is 0. The van der Waals surface area contributed by atoms with E-state index in [1.807, 2.05) is 11.0 Å². The predicted molar refractivity (Wildman–Crippen MR) is 93.2 cm³/mol. The maximum absolute atomic E-state index is 14.0. The molecule has 0 radical (unpaired) electrons. The van der Waals surface area contributed by atoms with Crippen LogP contribution in [-0.4, -0.2) is 33.4 Å². The van der Waals surface area contributed by atoms with Crippen LogP contribution in [0.5, 0.6) is 0 Å². The molecule has 5 nitrogen and oxygen atoms in total. The van der Waals surface area contributed by atoms with Gasteiger partial charge in [0.1, 0.15) is 5.82 Å². The van der Waals surface area contributed by atoms with Crippen LogP contribution in [0.25, 0.3) is 0 Å². The van der Waals surface area contributed by atoms with Gasteiger partial charge in [-0.15, -0.1) is 0 Å². The van der Waals surface area contributed by atoms with Gasteiger partial charge in [0.15, 0.2) is 0 Å². The molecule has 130 valence electrons. The van der Waals surface area contributed by atoms with Gasteiger partial charge in [0.05, 0.1) is 16.5 Å². The Balaban J connectivity index is 1.90. The lowest BCUT2D eigenvalue weighted by Crippen LogP contribution is -2.22. The zero-order chi connectivity index (χ0) is 18.2. The van der Waals surface area contributed by atoms with Crippen molar-refractivity contribution in [3.8, 4) is 6.07 Å². The molecule has 0 spiro atoms. The molecule has 0 aliphatic carbocycles. The Morgan fingerprint density at radius 2 is 2.00 bits per heavy atom. The number of fused-ring (bicyclic) bond motifs is 1. The minimum Gasteiger partial charge on any atom is -0.367 e. The van der Waals surface area contributed by atoms with Crippen LogP contribution in [0, 0.1) is 17.1 Å². The fraction of sp³-hybridized carbons (Fsp3) is 0.278. The zero-order valence-corrected chi connectivity index (χ0v) is 14.8. The van der Waals surface area contributed by atoms with Gasteiger partial charge in [0.25, 0.3) is 0 Å². The molecular formula is C18H18FN3O2S. The standard InChI is InChI=1S/C18H18FN3O2S/c1-21(2)25(23,24)16-4-6-18-14(10-16)7-8-22(18)12-15-9-13(11-20)3-5-17(15)19/h3-6,9-10H,7-8,12H2,1-2H3. The second kappa shape index (κ2) is 6.47. The van der Waals surface area contributed by atoms with Crippen molar-refractivity contribution in [2.45, 2.75) is 17.9 Å². The van der Waals surface area contributed by atoms with E-state index in [0.717, 1.165) is 11.3 Å². The highest BCUT2D eigenvalue weighted by molar-refractivity contribution is 7.89. The van der Waals surface area contributed by atoms with E-state index in [0.29, 0.717) is 30.6 Å². The Labute approximate surface area is 147 Å². The number of nitrogens with zero attached hydrogens (tertiary/aromatic N) is 3. The smallest absolute Gasteiger partial charge is 0.242 e. The Kier molecular flexibility index (Phi) is 4.50. The molecule has 0 atom stereocenters. The average molecular weight is 359 g/mol. The predicted octanol–water partition coefficient (Wildman–Crippen LogP) is 2.51. The van der Waals surface area contributed by atoms with Crippen molar-refractivity contribution >= 4 is 15.7 Å². The van der Waals surface area contributed by atoms with Crippen molar-refractivity contribution in [1.29, 1.82) is 5.26 Å². The van der Waals surface area contributed by atoms with Gasteiger partial charge in [-0.3, -0.25) is 0 Å². The van der Waals surface area contributed by atoms with E-state index in [9.17, 15) is 12.8 Å².